The van der Waals surface area contributed by atoms with Crippen molar-refractivity contribution in [1.82, 2.24) is 4.90 Å². The molecule has 1 aliphatic carbocycles. The highest BCUT2D eigenvalue weighted by atomic mass is 16.2. The van der Waals surface area contributed by atoms with Crippen LogP contribution in [0.1, 0.15) is 25.8 Å². The standard InChI is InChI=1S/C16H21N3O/c1-3-19(4-2)15(20)16(10-13(16)14(18)11-17)12-8-6-5-7-9-12/h5-9,13-14H,3-4,10,18H2,1-2H3/t13-,14-,16+/m0/s1. The smallest absolute Gasteiger partial charge is 0.233 e. The first-order chi connectivity index (χ1) is 9.61. The Morgan fingerprint density at radius 1 is 1.45 bits per heavy atom. The van der Waals surface area contributed by atoms with Gasteiger partial charge in [0.05, 0.1) is 17.5 Å². The summed E-state index contributed by atoms with van der Waals surface area (Å²) < 4.78 is 0. The average molecular weight is 271 g/mol. The minimum absolute atomic E-state index is 0.0806. The Kier molecular flexibility index (Phi) is 4.10. The molecule has 4 nitrogen and oxygen atoms in total. The van der Waals surface area contributed by atoms with E-state index in [0.29, 0.717) is 19.5 Å². The Labute approximate surface area is 120 Å². The number of carbonyl (C=O) groups excluding carboxylic acids is 1. The summed E-state index contributed by atoms with van der Waals surface area (Å²) in [7, 11) is 0. The van der Waals surface area contributed by atoms with Gasteiger partial charge in [0.15, 0.2) is 0 Å². The molecule has 0 heterocycles. The molecule has 0 radical (unpaired) electrons. The number of hydrogen-bond donors (Lipinski definition) is 1. The predicted octanol–water partition coefficient (Wildman–Crippen LogP) is 1.66. The Morgan fingerprint density at radius 3 is 2.55 bits per heavy atom. The lowest BCUT2D eigenvalue weighted by Crippen LogP contribution is -2.42. The van der Waals surface area contributed by atoms with Crippen molar-refractivity contribution in [2.45, 2.75) is 31.7 Å². The van der Waals surface area contributed by atoms with Crippen LogP contribution in [0.4, 0.5) is 0 Å². The quantitative estimate of drug-likeness (QED) is 0.885. The Balaban J connectivity index is 2.39. The van der Waals surface area contributed by atoms with Crippen molar-refractivity contribution in [3.05, 3.63) is 35.9 Å². The number of nitriles is 1. The summed E-state index contributed by atoms with van der Waals surface area (Å²) >= 11 is 0. The fourth-order valence-corrected chi connectivity index (χ4v) is 3.04. The monoisotopic (exact) mass is 271 g/mol. The highest BCUT2D eigenvalue weighted by Gasteiger charge is 2.64. The number of nitrogens with two attached hydrogens (primary N) is 1. The van der Waals surface area contributed by atoms with Gasteiger partial charge in [-0.05, 0) is 25.8 Å². The fraction of sp³-hybridized carbons (Fsp3) is 0.500. The molecule has 3 atom stereocenters. The van der Waals surface area contributed by atoms with E-state index in [1.807, 2.05) is 49.1 Å². The number of likely N-dealkylation sites (N-methyl/N-ethyl adjacent to an activating group) is 1. The number of hydrogen-bond acceptors (Lipinski definition) is 3. The highest BCUT2D eigenvalue weighted by molar-refractivity contribution is 5.92. The van der Waals surface area contributed by atoms with Gasteiger partial charge < -0.3 is 10.6 Å². The molecule has 4 heteroatoms. The average Bonchev–Trinajstić information content (AvgIpc) is 3.25. The number of carbonyl (C=O) groups is 1. The van der Waals surface area contributed by atoms with Gasteiger partial charge in [-0.1, -0.05) is 30.3 Å². The molecule has 1 amide bonds. The SMILES string of the molecule is CCN(CC)C(=O)[C@@]1(c2ccccc2)C[C@H]1[C@@H](N)C#N. The molecule has 0 spiro atoms. The van der Waals surface area contributed by atoms with Crippen LogP contribution in [0.25, 0.3) is 0 Å². The third-order valence-electron chi connectivity index (χ3n) is 4.32. The lowest BCUT2D eigenvalue weighted by Gasteiger charge is -2.27. The van der Waals surface area contributed by atoms with Gasteiger partial charge >= 0.3 is 0 Å². The maximum atomic E-state index is 12.9. The zero-order chi connectivity index (χ0) is 14.8. The highest BCUT2D eigenvalue weighted by Crippen LogP contribution is 2.56. The van der Waals surface area contributed by atoms with Gasteiger partial charge in [0.1, 0.15) is 0 Å². The van der Waals surface area contributed by atoms with Crippen LogP contribution in [-0.4, -0.2) is 29.9 Å². The number of nitrogens with zero attached hydrogens (tertiary/aromatic N) is 2. The van der Waals surface area contributed by atoms with Gasteiger partial charge in [-0.3, -0.25) is 4.79 Å². The van der Waals surface area contributed by atoms with Crippen molar-refractivity contribution in [3.8, 4) is 6.07 Å². The first-order valence-electron chi connectivity index (χ1n) is 7.11. The largest absolute Gasteiger partial charge is 0.342 e. The first kappa shape index (κ1) is 14.5. The molecule has 1 aromatic rings. The van der Waals surface area contributed by atoms with Crippen LogP contribution in [-0.2, 0) is 10.2 Å². The topological polar surface area (TPSA) is 70.1 Å². The van der Waals surface area contributed by atoms with Crippen LogP contribution in [0.3, 0.4) is 0 Å². The second kappa shape index (κ2) is 5.64. The van der Waals surface area contributed by atoms with E-state index in [1.165, 1.54) is 0 Å². The molecule has 0 aliphatic heterocycles. The molecule has 20 heavy (non-hydrogen) atoms. The molecule has 0 saturated heterocycles. The van der Waals surface area contributed by atoms with E-state index in [4.69, 9.17) is 11.0 Å². The van der Waals surface area contributed by atoms with Gasteiger partial charge in [0.25, 0.3) is 0 Å². The van der Waals surface area contributed by atoms with E-state index < -0.39 is 11.5 Å². The van der Waals surface area contributed by atoms with Gasteiger partial charge in [-0.2, -0.15) is 5.26 Å². The number of amides is 1. The van der Waals surface area contributed by atoms with Crippen LogP contribution in [0.5, 0.6) is 0 Å². The molecular formula is C16H21N3O. The van der Waals surface area contributed by atoms with Gasteiger partial charge in [-0.15, -0.1) is 0 Å². The maximum absolute atomic E-state index is 12.9. The molecule has 1 fully saturated rings. The summed E-state index contributed by atoms with van der Waals surface area (Å²) in [6.45, 7) is 5.31. The van der Waals surface area contributed by atoms with Crippen molar-refractivity contribution >= 4 is 5.91 Å². The maximum Gasteiger partial charge on any atom is 0.233 e. The Bertz CT molecular complexity index is 518. The summed E-state index contributed by atoms with van der Waals surface area (Å²) in [5, 5.41) is 9.06. The molecule has 0 bridgehead atoms. The van der Waals surface area contributed by atoms with E-state index in [-0.39, 0.29) is 11.8 Å². The molecule has 2 N–H and O–H groups in total. The van der Waals surface area contributed by atoms with Crippen LogP contribution in [0.2, 0.25) is 0 Å². The predicted molar refractivity (Wildman–Crippen MR) is 77.7 cm³/mol. The summed E-state index contributed by atoms with van der Waals surface area (Å²) in [6.07, 6.45) is 0.668. The van der Waals surface area contributed by atoms with E-state index in [1.54, 1.807) is 0 Å². The fourth-order valence-electron chi connectivity index (χ4n) is 3.04. The van der Waals surface area contributed by atoms with Crippen molar-refractivity contribution in [3.63, 3.8) is 0 Å². The van der Waals surface area contributed by atoms with Gasteiger partial charge in [0.2, 0.25) is 5.91 Å². The minimum Gasteiger partial charge on any atom is -0.342 e. The van der Waals surface area contributed by atoms with Crippen molar-refractivity contribution in [2.24, 2.45) is 11.7 Å². The zero-order valence-electron chi connectivity index (χ0n) is 12.0. The van der Waals surface area contributed by atoms with Crippen molar-refractivity contribution in [1.29, 1.82) is 5.26 Å². The lowest BCUT2D eigenvalue weighted by molar-refractivity contribution is -0.134. The normalized spacial score (nSPS) is 25.6. The number of benzene rings is 1. The van der Waals surface area contributed by atoms with Crippen LogP contribution in [0.15, 0.2) is 30.3 Å². The van der Waals surface area contributed by atoms with E-state index in [2.05, 4.69) is 6.07 Å². The molecular weight excluding hydrogens is 250 g/mol. The molecule has 1 aliphatic rings. The van der Waals surface area contributed by atoms with E-state index in [0.717, 1.165) is 5.56 Å². The third-order valence-corrected chi connectivity index (χ3v) is 4.32. The molecule has 1 saturated carbocycles. The Hall–Kier alpha value is -1.86. The minimum atomic E-state index is -0.595. The molecule has 1 aromatic carbocycles. The molecule has 0 unspecified atom stereocenters. The zero-order valence-corrected chi connectivity index (χ0v) is 12.0. The second-order valence-electron chi connectivity index (χ2n) is 5.28. The first-order valence-corrected chi connectivity index (χ1v) is 7.11. The third kappa shape index (κ3) is 2.19. The van der Waals surface area contributed by atoms with E-state index >= 15 is 0 Å². The summed E-state index contributed by atoms with van der Waals surface area (Å²) in [6, 6.07) is 11.2. The van der Waals surface area contributed by atoms with Gasteiger partial charge in [0, 0.05) is 19.0 Å². The van der Waals surface area contributed by atoms with E-state index in [9.17, 15) is 4.79 Å². The van der Waals surface area contributed by atoms with Gasteiger partial charge in [-0.25, -0.2) is 0 Å². The lowest BCUT2D eigenvalue weighted by atomic mass is 9.89. The summed E-state index contributed by atoms with van der Waals surface area (Å²) in [4.78, 5) is 14.7. The molecule has 0 aromatic heterocycles. The summed E-state index contributed by atoms with van der Waals surface area (Å²) in [5.41, 5.74) is 6.26. The van der Waals surface area contributed by atoms with Crippen LogP contribution in [0, 0.1) is 17.2 Å². The van der Waals surface area contributed by atoms with Crippen molar-refractivity contribution < 1.29 is 4.79 Å². The Morgan fingerprint density at radius 2 is 2.05 bits per heavy atom. The second-order valence-corrected chi connectivity index (χ2v) is 5.28. The number of rotatable bonds is 5. The molecule has 106 valence electrons. The van der Waals surface area contributed by atoms with Crippen molar-refractivity contribution in [2.75, 3.05) is 13.1 Å². The van der Waals surface area contributed by atoms with Crippen LogP contribution < -0.4 is 5.73 Å². The molecule has 2 rings (SSSR count). The summed E-state index contributed by atoms with van der Waals surface area (Å²) in [5.74, 6) is 0.0207. The van der Waals surface area contributed by atoms with Crippen LogP contribution >= 0.6 is 0 Å².